The molecule has 1 fully saturated rings. The predicted octanol–water partition coefficient (Wildman–Crippen LogP) is 5.74. The number of benzene rings is 1. The van der Waals surface area contributed by atoms with Crippen LogP contribution < -0.4 is 4.74 Å². The van der Waals surface area contributed by atoms with Crippen molar-refractivity contribution in [3.8, 4) is 11.5 Å². The summed E-state index contributed by atoms with van der Waals surface area (Å²) >= 11 is 0. The number of carbonyl (C=O) groups is 1. The van der Waals surface area contributed by atoms with Crippen LogP contribution in [-0.2, 0) is 11.2 Å². The van der Waals surface area contributed by atoms with Gasteiger partial charge in [-0.15, -0.1) is 0 Å². The fraction of sp³-hybridized carbons (Fsp3) is 0.522. The molecule has 148 valence electrons. The third kappa shape index (κ3) is 6.55. The van der Waals surface area contributed by atoms with Crippen molar-refractivity contribution in [1.29, 1.82) is 0 Å². The topological polar surface area (TPSA) is 55.8 Å². The maximum absolute atomic E-state index is 11.8. The Hall–Kier alpha value is -2.07. The fourth-order valence-corrected chi connectivity index (χ4v) is 3.12. The van der Waals surface area contributed by atoms with Gasteiger partial charge in [0.25, 0.3) is 0 Å². The number of hydrogen-bond acceptors (Lipinski definition) is 4. The number of Topliss-reactive ketones (excluding diaryl/α,β-unsaturated/α-hetero) is 1. The lowest BCUT2D eigenvalue weighted by Crippen LogP contribution is -2.25. The van der Waals surface area contributed by atoms with Crippen molar-refractivity contribution in [2.45, 2.75) is 72.5 Å². The summed E-state index contributed by atoms with van der Waals surface area (Å²) in [6.07, 6.45) is 9.50. The third-order valence-corrected chi connectivity index (χ3v) is 4.76. The van der Waals surface area contributed by atoms with Crippen LogP contribution >= 0.6 is 0 Å². The summed E-state index contributed by atoms with van der Waals surface area (Å²) in [7, 11) is 0. The summed E-state index contributed by atoms with van der Waals surface area (Å²) in [5, 5.41) is 10.7. The minimum atomic E-state index is -0.289. The van der Waals surface area contributed by atoms with Gasteiger partial charge < -0.3 is 14.6 Å². The average Bonchev–Trinajstić information content (AvgIpc) is 2.61. The van der Waals surface area contributed by atoms with Crippen molar-refractivity contribution in [3.05, 3.63) is 46.6 Å². The molecule has 0 spiro atoms. The van der Waals surface area contributed by atoms with Gasteiger partial charge in [0.1, 0.15) is 11.5 Å². The molecule has 4 heteroatoms. The largest absolute Gasteiger partial charge is 0.507 e. The lowest BCUT2D eigenvalue weighted by Gasteiger charge is -2.25. The van der Waals surface area contributed by atoms with Gasteiger partial charge in [-0.25, -0.2) is 0 Å². The number of carbonyl (C=O) groups excluding carboxylic acids is 1. The average molecular weight is 373 g/mol. The van der Waals surface area contributed by atoms with Crippen molar-refractivity contribution in [2.75, 3.05) is 6.61 Å². The second-order valence-electron chi connectivity index (χ2n) is 7.48. The molecule has 2 rings (SSSR count). The van der Waals surface area contributed by atoms with E-state index in [1.807, 2.05) is 0 Å². The van der Waals surface area contributed by atoms with Crippen LogP contribution in [0.15, 0.2) is 35.4 Å². The Morgan fingerprint density at radius 3 is 2.63 bits per heavy atom. The maximum Gasteiger partial charge on any atom is 0.199 e. The Bertz CT molecular complexity index is 705. The third-order valence-electron chi connectivity index (χ3n) is 4.76. The van der Waals surface area contributed by atoms with Gasteiger partial charge in [0.15, 0.2) is 12.1 Å². The van der Waals surface area contributed by atoms with E-state index in [-0.39, 0.29) is 17.8 Å². The van der Waals surface area contributed by atoms with E-state index in [0.29, 0.717) is 29.9 Å². The summed E-state index contributed by atoms with van der Waals surface area (Å²) < 4.78 is 11.7. The van der Waals surface area contributed by atoms with Gasteiger partial charge in [-0.2, -0.15) is 0 Å². The zero-order chi connectivity index (χ0) is 19.8. The van der Waals surface area contributed by atoms with Crippen LogP contribution in [0.1, 0.15) is 75.7 Å². The van der Waals surface area contributed by atoms with E-state index in [2.05, 4.69) is 32.9 Å². The van der Waals surface area contributed by atoms with E-state index in [4.69, 9.17) is 9.47 Å². The molecule has 0 aliphatic carbocycles. The Balaban J connectivity index is 2.20. The molecule has 4 nitrogen and oxygen atoms in total. The Morgan fingerprint density at radius 2 is 2.00 bits per heavy atom. The molecule has 1 aromatic rings. The molecule has 0 saturated carbocycles. The molecular weight excluding hydrogens is 340 g/mol. The first-order valence-electron chi connectivity index (χ1n) is 9.81. The molecule has 0 radical (unpaired) electrons. The lowest BCUT2D eigenvalue weighted by molar-refractivity contribution is -0.106. The molecule has 1 aromatic carbocycles. The fourth-order valence-electron chi connectivity index (χ4n) is 3.12. The summed E-state index contributed by atoms with van der Waals surface area (Å²) in [4.78, 5) is 11.8. The number of phenols is 1. The number of rotatable bonds is 8. The van der Waals surface area contributed by atoms with Crippen LogP contribution in [0.3, 0.4) is 0 Å². The molecular formula is C23H32O4. The summed E-state index contributed by atoms with van der Waals surface area (Å²) in [5.74, 6) is 0.459. The molecule has 27 heavy (non-hydrogen) atoms. The second-order valence-corrected chi connectivity index (χ2v) is 7.48. The first-order valence-corrected chi connectivity index (χ1v) is 9.81. The zero-order valence-corrected chi connectivity index (χ0v) is 17.0. The SMILES string of the molecule is CC(=O)c1ccc(OC2CCCCO2)c(C/C=C(\C)CCC=C(C)C)c1O. The Morgan fingerprint density at radius 1 is 1.22 bits per heavy atom. The van der Waals surface area contributed by atoms with Crippen molar-refractivity contribution in [3.63, 3.8) is 0 Å². The van der Waals surface area contributed by atoms with Gasteiger partial charge in [0, 0.05) is 12.0 Å². The number of aromatic hydroxyl groups is 1. The highest BCUT2D eigenvalue weighted by Gasteiger charge is 2.20. The smallest absolute Gasteiger partial charge is 0.199 e. The molecule has 1 unspecified atom stereocenters. The van der Waals surface area contributed by atoms with E-state index in [1.165, 1.54) is 18.1 Å². The molecule has 1 saturated heterocycles. The number of allylic oxidation sites excluding steroid dienone is 4. The number of ketones is 1. The molecule has 1 N–H and O–H groups in total. The van der Waals surface area contributed by atoms with Crippen LogP contribution in [0.25, 0.3) is 0 Å². The molecule has 0 aromatic heterocycles. The summed E-state index contributed by atoms with van der Waals surface area (Å²) in [5.41, 5.74) is 3.55. The molecule has 0 bridgehead atoms. The van der Waals surface area contributed by atoms with Gasteiger partial charge in [0.05, 0.1) is 12.2 Å². The van der Waals surface area contributed by atoms with Gasteiger partial charge in [0.2, 0.25) is 0 Å². The van der Waals surface area contributed by atoms with E-state index >= 15 is 0 Å². The molecule has 1 atom stereocenters. The quantitative estimate of drug-likeness (QED) is 0.467. The second kappa shape index (κ2) is 10.3. The Kier molecular flexibility index (Phi) is 8.11. The molecule has 1 aliphatic rings. The first kappa shape index (κ1) is 21.2. The van der Waals surface area contributed by atoms with Crippen LogP contribution in [0.5, 0.6) is 11.5 Å². The van der Waals surface area contributed by atoms with Crippen molar-refractivity contribution >= 4 is 5.78 Å². The van der Waals surface area contributed by atoms with Gasteiger partial charge in [-0.05, 0) is 71.9 Å². The van der Waals surface area contributed by atoms with Crippen LogP contribution in [0.4, 0.5) is 0 Å². The summed E-state index contributed by atoms with van der Waals surface area (Å²) in [6, 6.07) is 3.40. The van der Waals surface area contributed by atoms with Crippen LogP contribution in [-0.4, -0.2) is 23.8 Å². The van der Waals surface area contributed by atoms with Crippen LogP contribution in [0, 0.1) is 0 Å². The highest BCUT2D eigenvalue weighted by atomic mass is 16.7. The monoisotopic (exact) mass is 372 g/mol. The van der Waals surface area contributed by atoms with Crippen molar-refractivity contribution < 1.29 is 19.4 Å². The summed E-state index contributed by atoms with van der Waals surface area (Å²) in [6.45, 7) is 8.45. The van der Waals surface area contributed by atoms with E-state index < -0.39 is 0 Å². The minimum absolute atomic E-state index is 0.0177. The van der Waals surface area contributed by atoms with E-state index in [0.717, 1.165) is 32.1 Å². The lowest BCUT2D eigenvalue weighted by atomic mass is 10.0. The van der Waals surface area contributed by atoms with Gasteiger partial charge in [-0.1, -0.05) is 23.3 Å². The molecule has 1 aliphatic heterocycles. The van der Waals surface area contributed by atoms with E-state index in [9.17, 15) is 9.90 Å². The Labute approximate surface area is 162 Å². The van der Waals surface area contributed by atoms with Crippen molar-refractivity contribution in [1.82, 2.24) is 0 Å². The van der Waals surface area contributed by atoms with Crippen molar-refractivity contribution in [2.24, 2.45) is 0 Å². The first-order chi connectivity index (χ1) is 12.9. The normalized spacial score (nSPS) is 17.5. The molecule has 1 heterocycles. The zero-order valence-electron chi connectivity index (χ0n) is 17.0. The predicted molar refractivity (Wildman–Crippen MR) is 108 cm³/mol. The number of ether oxygens (including phenoxy) is 2. The number of phenolic OH excluding ortho intramolecular Hbond substituents is 1. The maximum atomic E-state index is 11.8. The molecule has 0 amide bonds. The van der Waals surface area contributed by atoms with Crippen LogP contribution in [0.2, 0.25) is 0 Å². The number of hydrogen-bond donors (Lipinski definition) is 1. The van der Waals surface area contributed by atoms with Gasteiger partial charge in [-0.3, -0.25) is 4.79 Å². The standard InChI is InChI=1S/C23H32O4/c1-16(2)8-7-9-17(3)11-12-20-21(27-22-10-5-6-15-26-22)14-13-19(18(4)24)23(20)25/h8,11,13-14,22,25H,5-7,9-10,12,15H2,1-4H3/b17-11+. The van der Waals surface area contributed by atoms with E-state index in [1.54, 1.807) is 12.1 Å². The highest BCUT2D eigenvalue weighted by molar-refractivity contribution is 5.97. The minimum Gasteiger partial charge on any atom is -0.507 e. The highest BCUT2D eigenvalue weighted by Crippen LogP contribution is 2.34. The van der Waals surface area contributed by atoms with Gasteiger partial charge >= 0.3 is 0 Å².